The molecule has 0 bridgehead atoms. The van der Waals surface area contributed by atoms with E-state index in [-0.39, 0.29) is 12.1 Å². The van der Waals surface area contributed by atoms with Crippen LogP contribution in [-0.4, -0.2) is 41.6 Å². The summed E-state index contributed by atoms with van der Waals surface area (Å²) in [7, 11) is 1.63. The maximum Gasteiger partial charge on any atom is 0.243 e. The minimum atomic E-state index is -0.315. The largest absolute Gasteiger partial charge is 0.392 e. The number of nitrogens with zero attached hydrogens (tertiary/aromatic N) is 2. The number of hydrogen-bond acceptors (Lipinski definition) is 6. The second-order valence-electron chi connectivity index (χ2n) is 3.64. The van der Waals surface area contributed by atoms with E-state index in [1.807, 2.05) is 0 Å². The normalized spacial score (nSPS) is 26.0. The van der Waals surface area contributed by atoms with Gasteiger partial charge in [-0.3, -0.25) is 0 Å². The molecule has 6 heteroatoms. The average molecular weight is 213 g/mol. The lowest BCUT2D eigenvalue weighted by Gasteiger charge is -2.01. The highest BCUT2D eigenvalue weighted by atomic mass is 16.5. The van der Waals surface area contributed by atoms with Crippen LogP contribution < -0.4 is 5.32 Å². The standard InChI is InChI=1S/C9H15N3O3/c1-14-3-2-8-11-9(15-12-8)7-4-6(13)5-10-7/h6-7,10,13H,2-5H2,1H3/t6-,7+/m0/s1. The zero-order chi connectivity index (χ0) is 10.7. The molecule has 2 N–H and O–H groups in total. The molecular weight excluding hydrogens is 198 g/mol. The molecule has 0 saturated carbocycles. The Morgan fingerprint density at radius 3 is 3.20 bits per heavy atom. The van der Waals surface area contributed by atoms with Gasteiger partial charge in [0.05, 0.1) is 18.8 Å². The topological polar surface area (TPSA) is 80.4 Å². The molecule has 6 nitrogen and oxygen atoms in total. The lowest BCUT2D eigenvalue weighted by atomic mass is 10.2. The van der Waals surface area contributed by atoms with Crippen molar-refractivity contribution in [2.24, 2.45) is 0 Å². The van der Waals surface area contributed by atoms with Gasteiger partial charge in [-0.25, -0.2) is 0 Å². The molecule has 0 aromatic carbocycles. The van der Waals surface area contributed by atoms with Gasteiger partial charge in [0.15, 0.2) is 5.82 Å². The highest BCUT2D eigenvalue weighted by Gasteiger charge is 2.27. The summed E-state index contributed by atoms with van der Waals surface area (Å²) in [6.45, 7) is 1.17. The minimum Gasteiger partial charge on any atom is -0.392 e. The molecule has 0 radical (unpaired) electrons. The van der Waals surface area contributed by atoms with Crippen molar-refractivity contribution in [2.45, 2.75) is 25.0 Å². The SMILES string of the molecule is COCCc1noc([C@H]2C[C@H](O)CN2)n1. The van der Waals surface area contributed by atoms with Crippen molar-refractivity contribution >= 4 is 0 Å². The van der Waals surface area contributed by atoms with Crippen LogP contribution >= 0.6 is 0 Å². The van der Waals surface area contributed by atoms with Gasteiger partial charge >= 0.3 is 0 Å². The predicted molar refractivity (Wildman–Crippen MR) is 51.2 cm³/mol. The third kappa shape index (κ3) is 2.53. The average Bonchev–Trinajstić information content (AvgIpc) is 2.83. The van der Waals surface area contributed by atoms with E-state index in [1.54, 1.807) is 7.11 Å². The number of nitrogens with one attached hydrogen (secondary N) is 1. The second-order valence-corrected chi connectivity index (χ2v) is 3.64. The first-order valence-corrected chi connectivity index (χ1v) is 5.02. The molecule has 0 spiro atoms. The summed E-state index contributed by atoms with van der Waals surface area (Å²) >= 11 is 0. The first-order valence-electron chi connectivity index (χ1n) is 5.02. The molecule has 15 heavy (non-hydrogen) atoms. The van der Waals surface area contributed by atoms with E-state index < -0.39 is 0 Å². The Hall–Kier alpha value is -0.980. The monoisotopic (exact) mass is 213 g/mol. The number of β-amino-alcohol motifs (C(OH)–C–C–N with tert-alkyl or cyclic N) is 1. The number of hydrogen-bond donors (Lipinski definition) is 2. The first kappa shape index (κ1) is 10.5. The Morgan fingerprint density at radius 2 is 2.53 bits per heavy atom. The van der Waals surface area contributed by atoms with Crippen LogP contribution in [0, 0.1) is 0 Å². The van der Waals surface area contributed by atoms with E-state index in [2.05, 4.69) is 15.5 Å². The van der Waals surface area contributed by atoms with Crippen molar-refractivity contribution in [3.63, 3.8) is 0 Å². The van der Waals surface area contributed by atoms with Gasteiger partial charge in [0.25, 0.3) is 0 Å². The van der Waals surface area contributed by atoms with Gasteiger partial charge in [-0.05, 0) is 6.42 Å². The third-order valence-electron chi connectivity index (χ3n) is 2.42. The van der Waals surface area contributed by atoms with Crippen molar-refractivity contribution in [3.8, 4) is 0 Å². The van der Waals surface area contributed by atoms with Gasteiger partial charge in [0.1, 0.15) is 0 Å². The van der Waals surface area contributed by atoms with Crippen LogP contribution in [0.3, 0.4) is 0 Å². The summed E-state index contributed by atoms with van der Waals surface area (Å²) in [5, 5.41) is 16.3. The van der Waals surface area contributed by atoms with Crippen LogP contribution in [-0.2, 0) is 11.2 Å². The van der Waals surface area contributed by atoms with Crippen LogP contribution in [0.1, 0.15) is 24.2 Å². The van der Waals surface area contributed by atoms with Crippen molar-refractivity contribution in [1.82, 2.24) is 15.5 Å². The Labute approximate surface area is 87.6 Å². The maximum absolute atomic E-state index is 9.34. The van der Waals surface area contributed by atoms with Crippen LogP contribution in [0.25, 0.3) is 0 Å². The van der Waals surface area contributed by atoms with Gasteiger partial charge in [0.2, 0.25) is 5.89 Å². The molecule has 2 rings (SSSR count). The lowest BCUT2D eigenvalue weighted by Crippen LogP contribution is -2.15. The molecule has 0 unspecified atom stereocenters. The number of aliphatic hydroxyl groups is 1. The minimum absolute atomic E-state index is 0.0104. The highest BCUT2D eigenvalue weighted by Crippen LogP contribution is 2.21. The number of aliphatic hydroxyl groups excluding tert-OH is 1. The summed E-state index contributed by atoms with van der Waals surface area (Å²) in [6.07, 6.45) is 0.964. The summed E-state index contributed by atoms with van der Waals surface area (Å²) in [4.78, 5) is 4.23. The number of ether oxygens (including phenoxy) is 1. The maximum atomic E-state index is 9.34. The molecule has 1 aliphatic rings. The van der Waals surface area contributed by atoms with Crippen LogP contribution in [0.5, 0.6) is 0 Å². The fourth-order valence-electron chi connectivity index (χ4n) is 1.61. The van der Waals surface area contributed by atoms with Gasteiger partial charge in [0, 0.05) is 20.1 Å². The summed E-state index contributed by atoms with van der Waals surface area (Å²) in [5.74, 6) is 1.20. The van der Waals surface area contributed by atoms with Crippen molar-refractivity contribution in [3.05, 3.63) is 11.7 Å². The summed E-state index contributed by atoms with van der Waals surface area (Å²) in [5.41, 5.74) is 0. The zero-order valence-electron chi connectivity index (χ0n) is 8.64. The van der Waals surface area contributed by atoms with E-state index in [4.69, 9.17) is 9.26 Å². The van der Waals surface area contributed by atoms with E-state index in [0.29, 0.717) is 37.7 Å². The van der Waals surface area contributed by atoms with Gasteiger partial charge < -0.3 is 19.7 Å². The Balaban J connectivity index is 1.94. The van der Waals surface area contributed by atoms with Crippen LogP contribution in [0.2, 0.25) is 0 Å². The van der Waals surface area contributed by atoms with Crippen molar-refractivity contribution in [2.75, 3.05) is 20.3 Å². The smallest absolute Gasteiger partial charge is 0.243 e. The van der Waals surface area contributed by atoms with Gasteiger partial charge in [-0.1, -0.05) is 5.16 Å². The van der Waals surface area contributed by atoms with Gasteiger partial charge in [-0.2, -0.15) is 4.98 Å². The number of aromatic nitrogens is 2. The Morgan fingerprint density at radius 1 is 1.67 bits per heavy atom. The molecule has 1 aliphatic heterocycles. The summed E-state index contributed by atoms with van der Waals surface area (Å²) in [6, 6.07) is -0.0104. The van der Waals surface area contributed by atoms with E-state index in [9.17, 15) is 5.11 Å². The molecule has 2 atom stereocenters. The highest BCUT2D eigenvalue weighted by molar-refractivity contribution is 4.97. The quantitative estimate of drug-likeness (QED) is 0.711. The van der Waals surface area contributed by atoms with Crippen LogP contribution in [0.15, 0.2) is 4.52 Å². The van der Waals surface area contributed by atoms with E-state index in [1.165, 1.54) is 0 Å². The molecule has 1 aromatic rings. The lowest BCUT2D eigenvalue weighted by molar-refractivity contribution is 0.191. The fourth-order valence-corrected chi connectivity index (χ4v) is 1.61. The van der Waals surface area contributed by atoms with E-state index >= 15 is 0 Å². The molecule has 1 saturated heterocycles. The zero-order valence-corrected chi connectivity index (χ0v) is 8.64. The number of rotatable bonds is 4. The Bertz CT molecular complexity index is 315. The Kier molecular flexibility index (Phi) is 3.30. The molecule has 2 heterocycles. The predicted octanol–water partition coefficient (Wildman–Crippen LogP) is -0.346. The first-order chi connectivity index (χ1) is 7.29. The molecule has 1 fully saturated rings. The van der Waals surface area contributed by atoms with Crippen LogP contribution in [0.4, 0.5) is 0 Å². The fraction of sp³-hybridized carbons (Fsp3) is 0.778. The molecular formula is C9H15N3O3. The molecule has 0 amide bonds. The molecule has 0 aliphatic carbocycles. The number of methoxy groups -OCH3 is 1. The van der Waals surface area contributed by atoms with Crippen molar-refractivity contribution < 1.29 is 14.4 Å². The van der Waals surface area contributed by atoms with Crippen molar-refractivity contribution in [1.29, 1.82) is 0 Å². The summed E-state index contributed by atoms with van der Waals surface area (Å²) < 4.78 is 10.0. The molecule has 84 valence electrons. The third-order valence-corrected chi connectivity index (χ3v) is 2.42. The second kappa shape index (κ2) is 4.69. The molecule has 1 aromatic heterocycles. The van der Waals surface area contributed by atoms with E-state index in [0.717, 1.165) is 0 Å². The van der Waals surface area contributed by atoms with Gasteiger partial charge in [-0.15, -0.1) is 0 Å².